The highest BCUT2D eigenvalue weighted by Crippen LogP contribution is 2.53. The number of imide groups is 1. The van der Waals surface area contributed by atoms with Gasteiger partial charge in [0.15, 0.2) is 0 Å². The van der Waals surface area contributed by atoms with Crippen molar-refractivity contribution >= 4 is 11.8 Å². The molecule has 4 rings (SSSR count). The molecule has 2 fully saturated rings. The number of benzene rings is 1. The molecular formula is C14H13NO2. The predicted molar refractivity (Wildman–Crippen MR) is 61.6 cm³/mol. The maximum Gasteiger partial charge on any atom is 0.261 e. The Bertz CT molecular complexity index is 492. The molecule has 1 heterocycles. The Hall–Kier alpha value is -1.64. The third-order valence-corrected chi connectivity index (χ3v) is 4.41. The van der Waals surface area contributed by atoms with Gasteiger partial charge < -0.3 is 0 Å². The molecule has 0 N–H and O–H groups in total. The average Bonchev–Trinajstić information content (AvgIpc) is 2.87. The van der Waals surface area contributed by atoms with Crippen molar-refractivity contribution in [2.24, 2.45) is 11.8 Å². The Morgan fingerprint density at radius 2 is 1.41 bits per heavy atom. The quantitative estimate of drug-likeness (QED) is 0.689. The second kappa shape index (κ2) is 2.97. The highest BCUT2D eigenvalue weighted by atomic mass is 16.2. The van der Waals surface area contributed by atoms with Gasteiger partial charge in [0, 0.05) is 6.04 Å². The lowest BCUT2D eigenvalue weighted by molar-refractivity contribution is 0.0578. The maximum atomic E-state index is 12.2. The summed E-state index contributed by atoms with van der Waals surface area (Å²) in [5.74, 6) is 1.39. The number of amides is 2. The van der Waals surface area contributed by atoms with E-state index in [1.54, 1.807) is 12.1 Å². The van der Waals surface area contributed by atoms with Crippen LogP contribution in [0.25, 0.3) is 0 Å². The van der Waals surface area contributed by atoms with Gasteiger partial charge in [-0.2, -0.15) is 0 Å². The van der Waals surface area contributed by atoms with Gasteiger partial charge in [0.1, 0.15) is 0 Å². The summed E-state index contributed by atoms with van der Waals surface area (Å²) in [6.07, 6.45) is 3.35. The minimum atomic E-state index is -0.0862. The zero-order valence-electron chi connectivity index (χ0n) is 9.43. The van der Waals surface area contributed by atoms with Crippen LogP contribution in [-0.4, -0.2) is 22.8 Å². The van der Waals surface area contributed by atoms with Gasteiger partial charge in [-0.15, -0.1) is 0 Å². The molecule has 3 nitrogen and oxygen atoms in total. The van der Waals surface area contributed by atoms with Gasteiger partial charge in [-0.25, -0.2) is 0 Å². The second-order valence-electron chi connectivity index (χ2n) is 5.41. The third-order valence-electron chi connectivity index (χ3n) is 4.41. The first kappa shape index (κ1) is 9.40. The molecule has 86 valence electrons. The lowest BCUT2D eigenvalue weighted by Crippen LogP contribution is -2.38. The molecule has 17 heavy (non-hydrogen) atoms. The van der Waals surface area contributed by atoms with Crippen LogP contribution >= 0.6 is 0 Å². The van der Waals surface area contributed by atoms with E-state index in [0.717, 1.165) is 24.7 Å². The van der Waals surface area contributed by atoms with Crippen LogP contribution in [-0.2, 0) is 0 Å². The molecule has 0 bridgehead atoms. The fourth-order valence-corrected chi connectivity index (χ4v) is 3.43. The van der Waals surface area contributed by atoms with Crippen molar-refractivity contribution in [3.05, 3.63) is 35.4 Å². The summed E-state index contributed by atoms with van der Waals surface area (Å²) in [4.78, 5) is 26.0. The van der Waals surface area contributed by atoms with Crippen molar-refractivity contribution in [2.45, 2.75) is 25.3 Å². The van der Waals surface area contributed by atoms with E-state index in [1.807, 2.05) is 12.1 Å². The Morgan fingerprint density at radius 1 is 0.882 bits per heavy atom. The zero-order valence-corrected chi connectivity index (χ0v) is 9.43. The van der Waals surface area contributed by atoms with Crippen LogP contribution in [0.4, 0.5) is 0 Å². The molecule has 2 unspecified atom stereocenters. The van der Waals surface area contributed by atoms with Crippen molar-refractivity contribution < 1.29 is 9.59 Å². The molecule has 0 radical (unpaired) electrons. The molecule has 0 spiro atoms. The number of nitrogens with zero attached hydrogens (tertiary/aromatic N) is 1. The number of fused-ring (bicyclic) bond motifs is 2. The first-order chi connectivity index (χ1) is 8.25. The molecule has 3 atom stereocenters. The van der Waals surface area contributed by atoms with Crippen LogP contribution in [0.2, 0.25) is 0 Å². The lowest BCUT2D eigenvalue weighted by atomic mass is 10.1. The maximum absolute atomic E-state index is 12.2. The Labute approximate surface area is 99.4 Å². The Balaban J connectivity index is 1.71. The standard InChI is InChI=1S/C14H13NO2/c16-13-11-3-1-2-4-12(11)14(17)15(13)10-6-8-5-9(8)7-10/h1-4,8-10H,5-7H2/t8-,9?,10?/m1/s1. The molecule has 3 heteroatoms. The summed E-state index contributed by atoms with van der Waals surface area (Å²) in [6.45, 7) is 0. The molecule has 1 aliphatic heterocycles. The summed E-state index contributed by atoms with van der Waals surface area (Å²) < 4.78 is 0. The van der Waals surface area contributed by atoms with E-state index in [0.29, 0.717) is 11.1 Å². The van der Waals surface area contributed by atoms with E-state index in [9.17, 15) is 9.59 Å². The van der Waals surface area contributed by atoms with E-state index < -0.39 is 0 Å². The van der Waals surface area contributed by atoms with Gasteiger partial charge in [0.05, 0.1) is 11.1 Å². The summed E-state index contributed by atoms with van der Waals surface area (Å²) >= 11 is 0. The number of hydrogen-bond acceptors (Lipinski definition) is 2. The van der Waals surface area contributed by atoms with Crippen LogP contribution in [0, 0.1) is 11.8 Å². The molecule has 2 saturated carbocycles. The summed E-state index contributed by atoms with van der Waals surface area (Å²) in [6, 6.07) is 7.31. The van der Waals surface area contributed by atoms with Crippen molar-refractivity contribution in [1.82, 2.24) is 4.90 Å². The first-order valence-corrected chi connectivity index (χ1v) is 6.22. The minimum absolute atomic E-state index is 0.0862. The smallest absolute Gasteiger partial charge is 0.261 e. The van der Waals surface area contributed by atoms with Gasteiger partial charge in [0.2, 0.25) is 0 Å². The van der Waals surface area contributed by atoms with Crippen molar-refractivity contribution in [3.63, 3.8) is 0 Å². The first-order valence-electron chi connectivity index (χ1n) is 6.22. The number of carbonyl (C=O) groups excluding carboxylic acids is 2. The summed E-state index contributed by atoms with van der Waals surface area (Å²) in [5.41, 5.74) is 1.16. The van der Waals surface area contributed by atoms with Gasteiger partial charge >= 0.3 is 0 Å². The van der Waals surface area contributed by atoms with E-state index >= 15 is 0 Å². The van der Waals surface area contributed by atoms with Crippen LogP contribution in [0.5, 0.6) is 0 Å². The molecular weight excluding hydrogens is 214 g/mol. The van der Waals surface area contributed by atoms with E-state index in [1.165, 1.54) is 11.3 Å². The molecule has 0 saturated heterocycles. The van der Waals surface area contributed by atoms with Crippen molar-refractivity contribution in [3.8, 4) is 0 Å². The Morgan fingerprint density at radius 3 is 1.94 bits per heavy atom. The van der Waals surface area contributed by atoms with Gasteiger partial charge in [-0.05, 0) is 43.2 Å². The van der Waals surface area contributed by atoms with Crippen LogP contribution in [0.3, 0.4) is 0 Å². The Kier molecular flexibility index (Phi) is 1.64. The van der Waals surface area contributed by atoms with Crippen molar-refractivity contribution in [1.29, 1.82) is 0 Å². The summed E-state index contributed by atoms with van der Waals surface area (Å²) in [5, 5.41) is 0. The van der Waals surface area contributed by atoms with Gasteiger partial charge in [-0.1, -0.05) is 12.1 Å². The summed E-state index contributed by atoms with van der Waals surface area (Å²) in [7, 11) is 0. The van der Waals surface area contributed by atoms with Crippen molar-refractivity contribution in [2.75, 3.05) is 0 Å². The third kappa shape index (κ3) is 1.17. The highest BCUT2D eigenvalue weighted by molar-refractivity contribution is 6.21. The molecule has 1 aromatic carbocycles. The molecule has 0 aromatic heterocycles. The fraction of sp³-hybridized carbons (Fsp3) is 0.429. The van der Waals surface area contributed by atoms with Gasteiger partial charge in [0.25, 0.3) is 11.8 Å². The SMILES string of the molecule is O=C1c2ccccc2C(=O)N1C1CC2C[C@@H]2C1. The molecule has 2 aliphatic carbocycles. The topological polar surface area (TPSA) is 37.4 Å². The second-order valence-corrected chi connectivity index (χ2v) is 5.41. The van der Waals surface area contributed by atoms with Crippen LogP contribution in [0.15, 0.2) is 24.3 Å². The molecule has 2 amide bonds. The molecule has 1 aromatic rings. The normalized spacial score (nSPS) is 33.9. The van der Waals surface area contributed by atoms with Crippen LogP contribution < -0.4 is 0 Å². The predicted octanol–water partition coefficient (Wildman–Crippen LogP) is 2.08. The highest BCUT2D eigenvalue weighted by Gasteiger charge is 2.51. The lowest BCUT2D eigenvalue weighted by Gasteiger charge is -2.23. The van der Waals surface area contributed by atoms with E-state index in [-0.39, 0.29) is 17.9 Å². The number of hydrogen-bond donors (Lipinski definition) is 0. The zero-order chi connectivity index (χ0) is 11.6. The van der Waals surface area contributed by atoms with Gasteiger partial charge in [-0.3, -0.25) is 14.5 Å². The largest absolute Gasteiger partial charge is 0.271 e. The minimum Gasteiger partial charge on any atom is -0.271 e. The fourth-order valence-electron chi connectivity index (χ4n) is 3.43. The number of rotatable bonds is 1. The monoisotopic (exact) mass is 227 g/mol. The number of carbonyl (C=O) groups is 2. The average molecular weight is 227 g/mol. The van der Waals surface area contributed by atoms with E-state index in [2.05, 4.69) is 0 Å². The van der Waals surface area contributed by atoms with E-state index in [4.69, 9.17) is 0 Å². The van der Waals surface area contributed by atoms with Crippen LogP contribution in [0.1, 0.15) is 40.0 Å². The molecule has 3 aliphatic rings.